The fraction of sp³-hybridized carbons (Fsp3) is 0.647. The average Bonchev–Trinajstić information content (AvgIpc) is 2.39. The van der Waals surface area contributed by atoms with Gasteiger partial charge in [-0.25, -0.2) is 4.39 Å². The molecule has 0 rings (SSSR count). The van der Waals surface area contributed by atoms with E-state index in [-0.39, 0.29) is 5.83 Å². The predicted molar refractivity (Wildman–Crippen MR) is 80.3 cm³/mol. The predicted octanol–water partition coefficient (Wildman–Crippen LogP) is 6.36. The number of unbranched alkanes of at least 4 members (excludes halogenated alkanes) is 3. The Morgan fingerprint density at radius 1 is 1.22 bits per heavy atom. The van der Waals surface area contributed by atoms with E-state index in [0.29, 0.717) is 5.92 Å². The molecule has 0 aliphatic rings. The Kier molecular flexibility index (Phi) is 9.63. The summed E-state index contributed by atoms with van der Waals surface area (Å²) in [5, 5.41) is 0. The lowest BCUT2D eigenvalue weighted by molar-refractivity contribution is 0.539. The second-order valence-corrected chi connectivity index (χ2v) is 5.16. The van der Waals surface area contributed by atoms with Gasteiger partial charge >= 0.3 is 0 Å². The zero-order valence-corrected chi connectivity index (χ0v) is 12.4. The molecule has 0 N–H and O–H groups in total. The molecule has 0 radical (unpaired) electrons. The monoisotopic (exact) mass is 252 g/mol. The fourth-order valence-corrected chi connectivity index (χ4v) is 1.94. The molecule has 1 heteroatoms. The summed E-state index contributed by atoms with van der Waals surface area (Å²) in [5.41, 5.74) is 1.75. The number of rotatable bonds is 10. The Balaban J connectivity index is 4.48. The van der Waals surface area contributed by atoms with Crippen LogP contribution in [0.25, 0.3) is 0 Å². The van der Waals surface area contributed by atoms with Gasteiger partial charge in [-0.3, -0.25) is 0 Å². The summed E-state index contributed by atoms with van der Waals surface area (Å²) >= 11 is 0. The van der Waals surface area contributed by atoms with Crippen LogP contribution in [0, 0.1) is 5.92 Å². The van der Waals surface area contributed by atoms with Crippen LogP contribution in [-0.4, -0.2) is 0 Å². The Labute approximate surface area is 113 Å². The lowest BCUT2D eigenvalue weighted by Crippen LogP contribution is -2.00. The quantitative estimate of drug-likeness (QED) is 0.313. The molecular weight excluding hydrogens is 223 g/mol. The van der Waals surface area contributed by atoms with Gasteiger partial charge in [0.2, 0.25) is 0 Å². The van der Waals surface area contributed by atoms with Gasteiger partial charge in [0.25, 0.3) is 0 Å². The highest BCUT2D eigenvalue weighted by Gasteiger charge is 2.11. The molecule has 0 bridgehead atoms. The minimum atomic E-state index is -0.184. The first-order chi connectivity index (χ1) is 8.56. The molecule has 1 atom stereocenters. The van der Waals surface area contributed by atoms with Gasteiger partial charge in [-0.05, 0) is 42.4 Å². The summed E-state index contributed by atoms with van der Waals surface area (Å²) < 4.78 is 13.8. The maximum atomic E-state index is 13.8. The molecule has 18 heavy (non-hydrogen) atoms. The number of hydrogen-bond acceptors (Lipinski definition) is 0. The van der Waals surface area contributed by atoms with Crippen LogP contribution in [0.15, 0.2) is 36.2 Å². The van der Waals surface area contributed by atoms with E-state index >= 15 is 0 Å². The molecule has 0 aromatic carbocycles. The van der Waals surface area contributed by atoms with Crippen molar-refractivity contribution in [1.82, 2.24) is 0 Å². The molecule has 0 aromatic rings. The largest absolute Gasteiger partial charge is 0.207 e. The zero-order valence-electron chi connectivity index (χ0n) is 12.4. The number of hydrogen-bond donors (Lipinski definition) is 0. The molecule has 104 valence electrons. The Morgan fingerprint density at radius 3 is 2.39 bits per heavy atom. The van der Waals surface area contributed by atoms with Crippen LogP contribution >= 0.6 is 0 Å². The highest BCUT2D eigenvalue weighted by Crippen LogP contribution is 2.28. The van der Waals surface area contributed by atoms with E-state index in [0.717, 1.165) is 36.8 Å². The van der Waals surface area contributed by atoms with Gasteiger partial charge < -0.3 is 0 Å². The van der Waals surface area contributed by atoms with Crippen molar-refractivity contribution in [2.75, 3.05) is 0 Å². The molecule has 1 unspecified atom stereocenters. The molecule has 0 nitrogen and oxygen atoms in total. The molecule has 0 aromatic heterocycles. The fourth-order valence-electron chi connectivity index (χ4n) is 1.94. The van der Waals surface area contributed by atoms with Gasteiger partial charge in [0.15, 0.2) is 0 Å². The number of allylic oxidation sites excluding steroid dienone is 4. The molecule has 0 amide bonds. The smallest absolute Gasteiger partial charge is 0.126 e. The lowest BCUT2D eigenvalue weighted by Gasteiger charge is -2.15. The molecule has 0 heterocycles. The van der Waals surface area contributed by atoms with Gasteiger partial charge in [0.05, 0.1) is 0 Å². The van der Waals surface area contributed by atoms with Crippen LogP contribution in [0.4, 0.5) is 4.39 Å². The van der Waals surface area contributed by atoms with Gasteiger partial charge in [0.1, 0.15) is 5.83 Å². The third-order valence-electron chi connectivity index (χ3n) is 3.48. The molecule has 0 aliphatic carbocycles. The molecule has 0 saturated carbocycles. The third kappa shape index (κ3) is 6.78. The number of halogens is 1. The summed E-state index contributed by atoms with van der Waals surface area (Å²) in [6, 6.07) is 0. The van der Waals surface area contributed by atoms with Crippen molar-refractivity contribution >= 4 is 0 Å². The van der Waals surface area contributed by atoms with E-state index in [1.54, 1.807) is 0 Å². The summed E-state index contributed by atoms with van der Waals surface area (Å²) in [5.74, 6) is 0.314. The van der Waals surface area contributed by atoms with Crippen molar-refractivity contribution in [3.63, 3.8) is 0 Å². The minimum Gasteiger partial charge on any atom is -0.207 e. The highest BCUT2D eigenvalue weighted by atomic mass is 19.1. The van der Waals surface area contributed by atoms with Crippen molar-refractivity contribution in [2.45, 2.75) is 65.7 Å². The molecular formula is C17H29F. The van der Waals surface area contributed by atoms with E-state index in [2.05, 4.69) is 33.9 Å². The van der Waals surface area contributed by atoms with Gasteiger partial charge in [0, 0.05) is 0 Å². The average molecular weight is 252 g/mol. The summed E-state index contributed by atoms with van der Waals surface area (Å²) in [6.45, 7) is 14.1. The third-order valence-corrected chi connectivity index (χ3v) is 3.48. The first kappa shape index (κ1) is 17.2. The van der Waals surface area contributed by atoms with Crippen LogP contribution in [-0.2, 0) is 0 Å². The van der Waals surface area contributed by atoms with Crippen LogP contribution in [0.5, 0.6) is 0 Å². The Morgan fingerprint density at radius 2 is 1.89 bits per heavy atom. The Bertz CT molecular complexity index is 286. The first-order valence-electron chi connectivity index (χ1n) is 7.25. The van der Waals surface area contributed by atoms with Crippen molar-refractivity contribution in [3.05, 3.63) is 36.2 Å². The Hall–Kier alpha value is -0.850. The van der Waals surface area contributed by atoms with Crippen LogP contribution < -0.4 is 0 Å². The van der Waals surface area contributed by atoms with E-state index < -0.39 is 0 Å². The van der Waals surface area contributed by atoms with Crippen LogP contribution in [0.2, 0.25) is 0 Å². The van der Waals surface area contributed by atoms with Gasteiger partial charge in [-0.1, -0.05) is 59.6 Å². The van der Waals surface area contributed by atoms with Crippen molar-refractivity contribution in [1.29, 1.82) is 0 Å². The van der Waals surface area contributed by atoms with Crippen LogP contribution in [0.3, 0.4) is 0 Å². The zero-order chi connectivity index (χ0) is 14.0. The lowest BCUT2D eigenvalue weighted by atomic mass is 9.91. The van der Waals surface area contributed by atoms with E-state index in [4.69, 9.17) is 0 Å². The van der Waals surface area contributed by atoms with E-state index in [9.17, 15) is 4.39 Å². The minimum absolute atomic E-state index is 0.184. The maximum Gasteiger partial charge on any atom is 0.126 e. The van der Waals surface area contributed by atoms with E-state index in [1.807, 2.05) is 0 Å². The van der Waals surface area contributed by atoms with Gasteiger partial charge in [-0.2, -0.15) is 0 Å². The van der Waals surface area contributed by atoms with Crippen LogP contribution in [0.1, 0.15) is 65.7 Å². The standard InChI is InChI=1S/C17H29F/c1-6-9-10-11-12-15(5)16(17(18)8-3)13-14(4)7-2/h8,14H,3,5-7,9-13H2,1-2,4H3/b17-16-. The van der Waals surface area contributed by atoms with Crippen molar-refractivity contribution in [2.24, 2.45) is 5.92 Å². The van der Waals surface area contributed by atoms with E-state index in [1.165, 1.54) is 25.3 Å². The summed E-state index contributed by atoms with van der Waals surface area (Å²) in [6.07, 6.45) is 8.87. The SMILES string of the molecule is C=C/C(F)=C(\CC(C)CC)C(=C)CCCCCC. The maximum absolute atomic E-state index is 13.8. The van der Waals surface area contributed by atoms with Crippen molar-refractivity contribution in [3.8, 4) is 0 Å². The second kappa shape index (κ2) is 10.1. The second-order valence-electron chi connectivity index (χ2n) is 5.16. The first-order valence-corrected chi connectivity index (χ1v) is 7.25. The molecule has 0 saturated heterocycles. The molecule has 0 fully saturated rings. The molecule has 0 spiro atoms. The normalized spacial score (nSPS) is 14.0. The van der Waals surface area contributed by atoms with Gasteiger partial charge in [-0.15, -0.1) is 0 Å². The molecule has 0 aliphatic heterocycles. The summed E-state index contributed by atoms with van der Waals surface area (Å²) in [7, 11) is 0. The van der Waals surface area contributed by atoms with Crippen molar-refractivity contribution < 1.29 is 4.39 Å². The topological polar surface area (TPSA) is 0 Å². The summed E-state index contributed by atoms with van der Waals surface area (Å²) in [4.78, 5) is 0. The highest BCUT2D eigenvalue weighted by molar-refractivity contribution is 5.35.